The molecule has 1 aromatic rings. The summed E-state index contributed by atoms with van der Waals surface area (Å²) in [5.74, 6) is 0. The van der Waals surface area contributed by atoms with Gasteiger partial charge in [0.05, 0.1) is 18.8 Å². The molecule has 0 saturated carbocycles. The predicted molar refractivity (Wildman–Crippen MR) is 78.7 cm³/mol. The number of ether oxygens (including phenoxy) is 2. The van der Waals surface area contributed by atoms with E-state index in [1.807, 2.05) is 13.8 Å². The van der Waals surface area contributed by atoms with Gasteiger partial charge in [0.25, 0.3) is 5.56 Å². The second-order valence-electron chi connectivity index (χ2n) is 4.95. The van der Waals surface area contributed by atoms with Crippen molar-refractivity contribution >= 4 is 0 Å². The molecule has 0 radical (unpaired) electrons. The normalized spacial score (nSPS) is 24.2. The van der Waals surface area contributed by atoms with Gasteiger partial charge in [0.15, 0.2) is 0 Å². The average molecular weight is 309 g/mol. The van der Waals surface area contributed by atoms with E-state index in [1.165, 1.54) is 10.8 Å². The Morgan fingerprint density at radius 2 is 2.32 bits per heavy atom. The summed E-state index contributed by atoms with van der Waals surface area (Å²) >= 11 is 0. The molecule has 1 aromatic heterocycles. The lowest BCUT2D eigenvalue weighted by Gasteiger charge is -2.16. The van der Waals surface area contributed by atoms with Crippen molar-refractivity contribution in [3.8, 4) is 0 Å². The van der Waals surface area contributed by atoms with E-state index in [-0.39, 0.29) is 18.2 Å². The fourth-order valence-electron chi connectivity index (χ4n) is 2.53. The molecule has 2 heterocycles. The van der Waals surface area contributed by atoms with E-state index < -0.39 is 18.0 Å². The van der Waals surface area contributed by atoms with Crippen LogP contribution >= 0.6 is 0 Å². The third-order valence-corrected chi connectivity index (χ3v) is 3.62. The van der Waals surface area contributed by atoms with Crippen LogP contribution in [0.2, 0.25) is 0 Å². The van der Waals surface area contributed by atoms with Crippen molar-refractivity contribution in [1.29, 1.82) is 0 Å². The molecule has 22 heavy (non-hydrogen) atoms. The predicted octanol–water partition coefficient (Wildman–Crippen LogP) is 1.10. The number of hydrogen-bond donors (Lipinski definition) is 1. The molecule has 1 N–H and O–H groups in total. The van der Waals surface area contributed by atoms with Gasteiger partial charge in [-0.1, -0.05) is 12.0 Å². The molecule has 9 nitrogen and oxygen atoms in total. The number of rotatable bonds is 6. The van der Waals surface area contributed by atoms with Crippen LogP contribution in [-0.4, -0.2) is 34.9 Å². The summed E-state index contributed by atoms with van der Waals surface area (Å²) in [6, 6.07) is 0. The standard InChI is InChI=1S/C13H19N5O4/c1-3-8-7-18(13(20)16-12(8)19)11-5-9(21-4-2)10(22-11)6-15-17-14/h7,9-11H,3-6H2,1-2H3,(H,16,19,20)/t9-,10+,11+/m0/s1. The fraction of sp³-hybridized carbons (Fsp3) is 0.692. The Balaban J connectivity index is 2.28. The Morgan fingerprint density at radius 3 is 2.95 bits per heavy atom. The second kappa shape index (κ2) is 7.26. The van der Waals surface area contributed by atoms with Gasteiger partial charge in [0.2, 0.25) is 0 Å². The number of aryl methyl sites for hydroxylation is 1. The molecule has 0 spiro atoms. The third-order valence-electron chi connectivity index (χ3n) is 3.62. The molecule has 1 saturated heterocycles. The van der Waals surface area contributed by atoms with Crippen LogP contribution in [0.3, 0.4) is 0 Å². The summed E-state index contributed by atoms with van der Waals surface area (Å²) in [7, 11) is 0. The van der Waals surface area contributed by atoms with Gasteiger partial charge in [-0.3, -0.25) is 14.3 Å². The Kier molecular flexibility index (Phi) is 5.37. The lowest BCUT2D eigenvalue weighted by molar-refractivity contribution is -0.0318. The maximum absolute atomic E-state index is 12.0. The Hall–Kier alpha value is -2.09. The summed E-state index contributed by atoms with van der Waals surface area (Å²) < 4.78 is 12.7. The minimum absolute atomic E-state index is 0.135. The molecular formula is C13H19N5O4. The summed E-state index contributed by atoms with van der Waals surface area (Å²) in [6.07, 6.45) is 1.26. The zero-order chi connectivity index (χ0) is 16.1. The van der Waals surface area contributed by atoms with Gasteiger partial charge in [0.1, 0.15) is 6.23 Å². The van der Waals surface area contributed by atoms with Crippen LogP contribution in [0.15, 0.2) is 20.9 Å². The molecule has 0 aliphatic carbocycles. The maximum Gasteiger partial charge on any atom is 0.330 e. The molecule has 120 valence electrons. The minimum Gasteiger partial charge on any atom is -0.376 e. The first-order valence-electron chi connectivity index (χ1n) is 7.22. The molecule has 3 atom stereocenters. The number of nitrogens with one attached hydrogen (secondary N) is 1. The average Bonchev–Trinajstić information content (AvgIpc) is 2.88. The van der Waals surface area contributed by atoms with E-state index >= 15 is 0 Å². The molecule has 0 amide bonds. The Labute approximate surface area is 126 Å². The molecular weight excluding hydrogens is 290 g/mol. The quantitative estimate of drug-likeness (QED) is 0.480. The van der Waals surface area contributed by atoms with Gasteiger partial charge in [-0.15, -0.1) is 0 Å². The first-order chi connectivity index (χ1) is 10.6. The summed E-state index contributed by atoms with van der Waals surface area (Å²) in [4.78, 5) is 28.6. The van der Waals surface area contributed by atoms with E-state index in [2.05, 4.69) is 15.0 Å². The van der Waals surface area contributed by atoms with E-state index in [9.17, 15) is 9.59 Å². The SMILES string of the molecule is CCO[C@H]1C[C@H](n2cc(CC)c(=O)[nH]c2=O)O[C@@H]1CN=[N+]=[N-]. The lowest BCUT2D eigenvalue weighted by atomic mass is 10.1. The van der Waals surface area contributed by atoms with Gasteiger partial charge >= 0.3 is 5.69 Å². The van der Waals surface area contributed by atoms with Crippen molar-refractivity contribution in [1.82, 2.24) is 9.55 Å². The van der Waals surface area contributed by atoms with Gasteiger partial charge in [-0.25, -0.2) is 4.79 Å². The fourth-order valence-corrected chi connectivity index (χ4v) is 2.53. The molecule has 1 fully saturated rings. The van der Waals surface area contributed by atoms with Crippen molar-refractivity contribution in [3.63, 3.8) is 0 Å². The molecule has 1 aliphatic heterocycles. The molecule has 2 rings (SSSR count). The zero-order valence-electron chi connectivity index (χ0n) is 12.6. The largest absolute Gasteiger partial charge is 0.376 e. The van der Waals surface area contributed by atoms with Gasteiger partial charge in [0, 0.05) is 29.7 Å². The zero-order valence-corrected chi connectivity index (χ0v) is 12.6. The van der Waals surface area contributed by atoms with Crippen LogP contribution in [0.4, 0.5) is 0 Å². The van der Waals surface area contributed by atoms with Crippen LogP contribution in [-0.2, 0) is 15.9 Å². The summed E-state index contributed by atoms with van der Waals surface area (Å²) in [5.41, 5.74) is 8.04. The highest BCUT2D eigenvalue weighted by Gasteiger charge is 2.36. The van der Waals surface area contributed by atoms with E-state index in [0.29, 0.717) is 25.0 Å². The van der Waals surface area contributed by atoms with Crippen LogP contribution in [0.5, 0.6) is 0 Å². The number of nitrogens with zero attached hydrogens (tertiary/aromatic N) is 4. The number of aromatic amines is 1. The summed E-state index contributed by atoms with van der Waals surface area (Å²) in [5, 5.41) is 3.52. The molecule has 0 unspecified atom stereocenters. The lowest BCUT2D eigenvalue weighted by Crippen LogP contribution is -2.34. The number of azide groups is 1. The monoisotopic (exact) mass is 309 g/mol. The van der Waals surface area contributed by atoms with Gasteiger partial charge < -0.3 is 9.47 Å². The number of H-pyrrole nitrogens is 1. The van der Waals surface area contributed by atoms with Crippen LogP contribution in [0.25, 0.3) is 10.4 Å². The molecule has 0 bridgehead atoms. The van der Waals surface area contributed by atoms with E-state index in [1.54, 1.807) is 0 Å². The first-order valence-corrected chi connectivity index (χ1v) is 7.22. The van der Waals surface area contributed by atoms with Crippen molar-refractivity contribution in [2.45, 2.75) is 45.1 Å². The Bertz CT molecular complexity index is 676. The van der Waals surface area contributed by atoms with Crippen LogP contribution in [0, 0.1) is 0 Å². The van der Waals surface area contributed by atoms with Crippen LogP contribution in [0.1, 0.15) is 32.1 Å². The minimum atomic E-state index is -0.551. The van der Waals surface area contributed by atoms with E-state index in [0.717, 1.165) is 0 Å². The first kappa shape index (κ1) is 16.3. The number of aromatic nitrogens is 2. The third kappa shape index (κ3) is 3.38. The second-order valence-corrected chi connectivity index (χ2v) is 4.95. The van der Waals surface area contributed by atoms with Crippen molar-refractivity contribution in [3.05, 3.63) is 43.0 Å². The molecule has 0 aromatic carbocycles. The topological polar surface area (TPSA) is 122 Å². The van der Waals surface area contributed by atoms with Crippen molar-refractivity contribution in [2.24, 2.45) is 5.11 Å². The van der Waals surface area contributed by atoms with E-state index in [4.69, 9.17) is 15.0 Å². The van der Waals surface area contributed by atoms with Gasteiger partial charge in [-0.05, 0) is 18.9 Å². The highest BCUT2D eigenvalue weighted by molar-refractivity contribution is 5.05. The molecule has 1 aliphatic rings. The maximum atomic E-state index is 12.0. The van der Waals surface area contributed by atoms with Gasteiger partial charge in [-0.2, -0.15) is 0 Å². The van der Waals surface area contributed by atoms with Crippen molar-refractivity contribution < 1.29 is 9.47 Å². The highest BCUT2D eigenvalue weighted by atomic mass is 16.6. The van der Waals surface area contributed by atoms with Crippen molar-refractivity contribution in [2.75, 3.05) is 13.2 Å². The number of hydrogen-bond acceptors (Lipinski definition) is 5. The highest BCUT2D eigenvalue weighted by Crippen LogP contribution is 2.30. The smallest absolute Gasteiger partial charge is 0.330 e. The summed E-state index contributed by atoms with van der Waals surface area (Å²) in [6.45, 7) is 4.33. The Morgan fingerprint density at radius 1 is 1.55 bits per heavy atom. The molecule has 9 heteroatoms. The van der Waals surface area contributed by atoms with Crippen LogP contribution < -0.4 is 11.2 Å².